The number of nitrogens with one attached hydrogen (secondary N) is 1. The highest BCUT2D eigenvalue weighted by Gasteiger charge is 2.19. The van der Waals surface area contributed by atoms with Crippen molar-refractivity contribution in [3.05, 3.63) is 76.6 Å². The second-order valence-electron chi connectivity index (χ2n) is 8.47. The van der Waals surface area contributed by atoms with Crippen LogP contribution in [-0.2, 0) is 24.2 Å². The van der Waals surface area contributed by atoms with E-state index in [-0.39, 0.29) is 18.9 Å². The van der Waals surface area contributed by atoms with Gasteiger partial charge in [0.2, 0.25) is 5.91 Å². The van der Waals surface area contributed by atoms with E-state index in [2.05, 4.69) is 10.3 Å². The van der Waals surface area contributed by atoms with E-state index in [1.807, 2.05) is 36.4 Å². The maximum Gasteiger partial charge on any atom is 0.229 e. The molecule has 4 rings (SSSR count). The molecule has 1 heterocycles. The van der Waals surface area contributed by atoms with Gasteiger partial charge in [-0.25, -0.2) is 9.97 Å². The number of hydrogen-bond acceptors (Lipinski definition) is 4. The van der Waals surface area contributed by atoms with E-state index in [9.17, 15) is 9.90 Å². The lowest BCUT2D eigenvalue weighted by atomic mass is 9.86. The number of amides is 1. The van der Waals surface area contributed by atoms with Gasteiger partial charge in [-0.05, 0) is 35.6 Å². The maximum absolute atomic E-state index is 12.7. The molecule has 5 nitrogen and oxygen atoms in total. The Morgan fingerprint density at radius 1 is 1.00 bits per heavy atom. The van der Waals surface area contributed by atoms with E-state index in [1.165, 1.54) is 32.1 Å². The molecule has 1 amide bonds. The van der Waals surface area contributed by atoms with Gasteiger partial charge < -0.3 is 10.4 Å². The number of aliphatic hydroxyl groups excluding tert-OH is 1. The molecule has 1 aliphatic carbocycles. The van der Waals surface area contributed by atoms with E-state index in [1.54, 1.807) is 18.3 Å². The van der Waals surface area contributed by atoms with Crippen LogP contribution in [0.25, 0.3) is 11.3 Å². The van der Waals surface area contributed by atoms with Crippen molar-refractivity contribution in [2.75, 3.05) is 5.32 Å². The third-order valence-electron chi connectivity index (χ3n) is 6.02. The van der Waals surface area contributed by atoms with E-state index in [4.69, 9.17) is 16.6 Å². The standard InChI is InChI=1S/C26H28ClN3O2/c27-22-12-8-19(9-13-22)15-25(32)30-26-23(14-18-4-2-1-3-5-18)29-24(16-28-26)21-10-6-20(17-31)7-11-21/h6-13,16,18,31H,1-5,14-15,17H2,(H,28,30,32). The van der Waals surface area contributed by atoms with Crippen LogP contribution in [0.5, 0.6) is 0 Å². The minimum atomic E-state index is -0.119. The molecule has 2 aromatic carbocycles. The summed E-state index contributed by atoms with van der Waals surface area (Å²) in [6, 6.07) is 15.0. The zero-order chi connectivity index (χ0) is 22.3. The Labute approximate surface area is 193 Å². The number of halogens is 1. The predicted molar refractivity (Wildman–Crippen MR) is 127 cm³/mol. The van der Waals surface area contributed by atoms with Gasteiger partial charge in [-0.3, -0.25) is 4.79 Å². The van der Waals surface area contributed by atoms with Gasteiger partial charge in [-0.2, -0.15) is 0 Å². The molecule has 1 fully saturated rings. The third kappa shape index (κ3) is 5.93. The first-order valence-corrected chi connectivity index (χ1v) is 11.6. The molecule has 3 aromatic rings. The second kappa shape index (κ2) is 10.7. The fraction of sp³-hybridized carbons (Fsp3) is 0.346. The van der Waals surface area contributed by atoms with E-state index < -0.39 is 0 Å². The normalized spacial score (nSPS) is 14.3. The number of carbonyl (C=O) groups excluding carboxylic acids is 1. The summed E-state index contributed by atoms with van der Waals surface area (Å²) in [5, 5.41) is 12.9. The summed E-state index contributed by atoms with van der Waals surface area (Å²) in [4.78, 5) is 22.2. The zero-order valence-electron chi connectivity index (χ0n) is 18.1. The molecule has 0 radical (unpaired) electrons. The van der Waals surface area contributed by atoms with Gasteiger partial charge in [0, 0.05) is 10.6 Å². The van der Waals surface area contributed by atoms with Crippen molar-refractivity contribution in [3.63, 3.8) is 0 Å². The van der Waals surface area contributed by atoms with Gasteiger partial charge in [0.25, 0.3) is 0 Å². The highest BCUT2D eigenvalue weighted by atomic mass is 35.5. The van der Waals surface area contributed by atoms with Crippen LogP contribution in [0.2, 0.25) is 5.02 Å². The lowest BCUT2D eigenvalue weighted by molar-refractivity contribution is -0.115. The number of benzene rings is 2. The van der Waals surface area contributed by atoms with Gasteiger partial charge in [-0.1, -0.05) is 80.1 Å². The summed E-state index contributed by atoms with van der Waals surface area (Å²) < 4.78 is 0. The Balaban J connectivity index is 1.56. The molecule has 0 bridgehead atoms. The highest BCUT2D eigenvalue weighted by Crippen LogP contribution is 2.29. The van der Waals surface area contributed by atoms with Crippen LogP contribution < -0.4 is 5.32 Å². The van der Waals surface area contributed by atoms with Gasteiger partial charge in [0.1, 0.15) is 0 Å². The first kappa shape index (κ1) is 22.4. The number of carbonyl (C=O) groups is 1. The van der Waals surface area contributed by atoms with Crippen molar-refractivity contribution in [1.29, 1.82) is 0 Å². The summed E-state index contributed by atoms with van der Waals surface area (Å²) in [6.07, 6.45) is 8.94. The molecule has 166 valence electrons. The average molecular weight is 450 g/mol. The molecular weight excluding hydrogens is 422 g/mol. The van der Waals surface area contributed by atoms with Crippen LogP contribution in [0.1, 0.15) is 48.9 Å². The van der Waals surface area contributed by atoms with E-state index in [0.29, 0.717) is 16.8 Å². The Bertz CT molecular complexity index is 1050. The van der Waals surface area contributed by atoms with Gasteiger partial charge >= 0.3 is 0 Å². The monoisotopic (exact) mass is 449 g/mol. The lowest BCUT2D eigenvalue weighted by Gasteiger charge is -2.22. The predicted octanol–water partition coefficient (Wildman–Crippen LogP) is 5.59. The smallest absolute Gasteiger partial charge is 0.229 e. The fourth-order valence-electron chi connectivity index (χ4n) is 4.22. The molecule has 0 unspecified atom stereocenters. The van der Waals surface area contributed by atoms with Crippen LogP contribution in [0, 0.1) is 5.92 Å². The Morgan fingerprint density at radius 2 is 1.69 bits per heavy atom. The molecule has 1 aliphatic rings. The summed E-state index contributed by atoms with van der Waals surface area (Å²) in [6.45, 7) is 0.0114. The number of aromatic nitrogens is 2. The molecule has 0 atom stereocenters. The molecule has 0 saturated heterocycles. The maximum atomic E-state index is 12.7. The van der Waals surface area contributed by atoms with Crippen LogP contribution in [0.3, 0.4) is 0 Å². The molecule has 1 saturated carbocycles. The first-order valence-electron chi connectivity index (χ1n) is 11.2. The molecule has 6 heteroatoms. The average Bonchev–Trinajstić information content (AvgIpc) is 2.82. The van der Waals surface area contributed by atoms with Gasteiger partial charge in [-0.15, -0.1) is 0 Å². The van der Waals surface area contributed by atoms with E-state index in [0.717, 1.165) is 34.5 Å². The van der Waals surface area contributed by atoms with Crippen LogP contribution in [0.4, 0.5) is 5.82 Å². The largest absolute Gasteiger partial charge is 0.392 e. The Hall–Kier alpha value is -2.76. The van der Waals surface area contributed by atoms with Crippen molar-refractivity contribution in [3.8, 4) is 11.3 Å². The van der Waals surface area contributed by atoms with Crippen molar-refractivity contribution in [2.45, 2.75) is 51.6 Å². The van der Waals surface area contributed by atoms with Gasteiger partial charge in [0.15, 0.2) is 5.82 Å². The van der Waals surface area contributed by atoms with Crippen molar-refractivity contribution in [1.82, 2.24) is 9.97 Å². The minimum absolute atomic E-state index is 0.0114. The van der Waals surface area contributed by atoms with Crippen LogP contribution >= 0.6 is 11.6 Å². The van der Waals surface area contributed by atoms with Crippen molar-refractivity contribution in [2.24, 2.45) is 5.92 Å². The summed E-state index contributed by atoms with van der Waals surface area (Å²) >= 11 is 5.94. The SMILES string of the molecule is O=C(Cc1ccc(Cl)cc1)Nc1ncc(-c2ccc(CO)cc2)nc1CC1CCCCC1. The van der Waals surface area contributed by atoms with Crippen molar-refractivity contribution >= 4 is 23.3 Å². The molecule has 32 heavy (non-hydrogen) atoms. The highest BCUT2D eigenvalue weighted by molar-refractivity contribution is 6.30. The first-order chi connectivity index (χ1) is 15.6. The number of rotatable bonds is 7. The van der Waals surface area contributed by atoms with Crippen molar-refractivity contribution < 1.29 is 9.90 Å². The summed E-state index contributed by atoms with van der Waals surface area (Å²) in [5.41, 5.74) is 4.31. The second-order valence-corrected chi connectivity index (χ2v) is 8.90. The lowest BCUT2D eigenvalue weighted by Crippen LogP contribution is -2.19. The number of hydrogen-bond donors (Lipinski definition) is 2. The molecular formula is C26H28ClN3O2. The van der Waals surface area contributed by atoms with Crippen LogP contribution in [0.15, 0.2) is 54.7 Å². The Morgan fingerprint density at radius 3 is 2.38 bits per heavy atom. The number of aliphatic hydroxyl groups is 1. The quantitative estimate of drug-likeness (QED) is 0.492. The van der Waals surface area contributed by atoms with Gasteiger partial charge in [0.05, 0.1) is 30.6 Å². The number of nitrogens with zero attached hydrogens (tertiary/aromatic N) is 2. The molecule has 2 N–H and O–H groups in total. The third-order valence-corrected chi connectivity index (χ3v) is 6.27. The number of anilines is 1. The zero-order valence-corrected chi connectivity index (χ0v) is 18.8. The molecule has 0 spiro atoms. The minimum Gasteiger partial charge on any atom is -0.392 e. The summed E-state index contributed by atoms with van der Waals surface area (Å²) in [7, 11) is 0. The fourth-order valence-corrected chi connectivity index (χ4v) is 4.35. The topological polar surface area (TPSA) is 75.1 Å². The molecule has 0 aliphatic heterocycles. The van der Waals surface area contributed by atoms with Crippen LogP contribution in [-0.4, -0.2) is 21.0 Å². The Kier molecular flexibility index (Phi) is 7.51. The van der Waals surface area contributed by atoms with E-state index >= 15 is 0 Å². The summed E-state index contributed by atoms with van der Waals surface area (Å²) in [5.74, 6) is 0.994. The molecule has 1 aromatic heterocycles.